The Hall–Kier alpha value is -1.26. The summed E-state index contributed by atoms with van der Waals surface area (Å²) >= 11 is 7.47. The van der Waals surface area contributed by atoms with E-state index < -0.39 is 0 Å². The molecule has 2 heterocycles. The van der Waals surface area contributed by atoms with Gasteiger partial charge in [0.2, 0.25) is 0 Å². The average molecular weight is 268 g/mol. The SMILES string of the molecule is Cc1ccc(N)c(NCCc2ccc(Cl)s2)n1. The van der Waals surface area contributed by atoms with E-state index in [0.29, 0.717) is 5.69 Å². The van der Waals surface area contributed by atoms with Gasteiger partial charge in [-0.15, -0.1) is 11.3 Å². The Balaban J connectivity index is 1.91. The third kappa shape index (κ3) is 3.35. The first kappa shape index (κ1) is 12.2. The van der Waals surface area contributed by atoms with Crippen LogP contribution in [0.4, 0.5) is 11.5 Å². The molecule has 0 spiro atoms. The number of halogens is 1. The number of rotatable bonds is 4. The van der Waals surface area contributed by atoms with Crippen LogP contribution in [0.1, 0.15) is 10.6 Å². The van der Waals surface area contributed by atoms with Gasteiger partial charge in [-0.3, -0.25) is 0 Å². The molecule has 2 aromatic rings. The summed E-state index contributed by atoms with van der Waals surface area (Å²) in [5, 5.41) is 3.24. The molecule has 2 rings (SSSR count). The molecule has 90 valence electrons. The third-order valence-corrected chi connectivity index (χ3v) is 3.65. The van der Waals surface area contributed by atoms with Gasteiger partial charge in [-0.1, -0.05) is 11.6 Å². The maximum Gasteiger partial charge on any atom is 0.149 e. The molecule has 0 unspecified atom stereocenters. The fourth-order valence-electron chi connectivity index (χ4n) is 1.50. The predicted octanol–water partition coefficient (Wildman–Crippen LogP) is 3.34. The van der Waals surface area contributed by atoms with Crippen LogP contribution in [-0.2, 0) is 6.42 Å². The van der Waals surface area contributed by atoms with E-state index in [2.05, 4.69) is 10.3 Å². The highest BCUT2D eigenvalue weighted by atomic mass is 35.5. The first-order valence-corrected chi connectivity index (χ1v) is 6.56. The first-order chi connectivity index (χ1) is 8.15. The zero-order chi connectivity index (χ0) is 12.3. The molecule has 0 bridgehead atoms. The molecular weight excluding hydrogens is 254 g/mol. The number of nitrogen functional groups attached to an aromatic ring is 1. The summed E-state index contributed by atoms with van der Waals surface area (Å²) in [5.74, 6) is 0.757. The van der Waals surface area contributed by atoms with Crippen molar-refractivity contribution < 1.29 is 0 Å². The van der Waals surface area contributed by atoms with Crippen molar-refractivity contribution >= 4 is 34.4 Å². The number of thiophene rings is 1. The van der Waals surface area contributed by atoms with Crippen molar-refractivity contribution in [3.63, 3.8) is 0 Å². The van der Waals surface area contributed by atoms with E-state index in [1.54, 1.807) is 11.3 Å². The number of aromatic nitrogens is 1. The largest absolute Gasteiger partial charge is 0.396 e. The van der Waals surface area contributed by atoms with Crippen molar-refractivity contribution in [3.05, 3.63) is 39.2 Å². The molecule has 0 aliphatic heterocycles. The van der Waals surface area contributed by atoms with Crippen LogP contribution in [0.25, 0.3) is 0 Å². The number of pyridine rings is 1. The highest BCUT2D eigenvalue weighted by molar-refractivity contribution is 7.16. The van der Waals surface area contributed by atoms with E-state index in [1.807, 2.05) is 31.2 Å². The Kier molecular flexibility index (Phi) is 3.86. The van der Waals surface area contributed by atoms with Crippen molar-refractivity contribution in [2.24, 2.45) is 0 Å². The van der Waals surface area contributed by atoms with E-state index in [4.69, 9.17) is 17.3 Å². The lowest BCUT2D eigenvalue weighted by Gasteiger charge is -2.08. The Labute approximate surface area is 110 Å². The molecule has 5 heteroatoms. The average Bonchev–Trinajstić information content (AvgIpc) is 2.69. The molecule has 3 N–H and O–H groups in total. The van der Waals surface area contributed by atoms with Crippen molar-refractivity contribution in [1.29, 1.82) is 0 Å². The summed E-state index contributed by atoms with van der Waals surface area (Å²) < 4.78 is 0.827. The van der Waals surface area contributed by atoms with E-state index in [9.17, 15) is 0 Å². The summed E-state index contributed by atoms with van der Waals surface area (Å²) in [6.07, 6.45) is 0.923. The predicted molar refractivity (Wildman–Crippen MR) is 74.9 cm³/mol. The maximum atomic E-state index is 5.87. The van der Waals surface area contributed by atoms with E-state index in [1.165, 1.54) is 4.88 Å². The molecule has 0 aliphatic rings. The summed E-state index contributed by atoms with van der Waals surface area (Å²) in [6.45, 7) is 2.75. The van der Waals surface area contributed by atoms with Gasteiger partial charge in [0, 0.05) is 17.1 Å². The van der Waals surface area contributed by atoms with Crippen LogP contribution in [0.15, 0.2) is 24.3 Å². The van der Waals surface area contributed by atoms with E-state index in [-0.39, 0.29) is 0 Å². The van der Waals surface area contributed by atoms with Crippen LogP contribution >= 0.6 is 22.9 Å². The lowest BCUT2D eigenvalue weighted by Crippen LogP contribution is -2.08. The maximum absolute atomic E-state index is 5.87. The molecule has 0 fully saturated rings. The van der Waals surface area contributed by atoms with E-state index in [0.717, 1.165) is 28.8 Å². The van der Waals surface area contributed by atoms with Crippen LogP contribution in [0.5, 0.6) is 0 Å². The van der Waals surface area contributed by atoms with Crippen LogP contribution in [0.3, 0.4) is 0 Å². The van der Waals surface area contributed by atoms with Crippen LogP contribution in [-0.4, -0.2) is 11.5 Å². The normalized spacial score (nSPS) is 10.5. The fraction of sp³-hybridized carbons (Fsp3) is 0.250. The van der Waals surface area contributed by atoms with Gasteiger partial charge in [0.05, 0.1) is 10.0 Å². The Morgan fingerprint density at radius 1 is 1.35 bits per heavy atom. The monoisotopic (exact) mass is 267 g/mol. The molecular formula is C12H14ClN3S. The quantitative estimate of drug-likeness (QED) is 0.893. The van der Waals surface area contributed by atoms with Gasteiger partial charge in [0.25, 0.3) is 0 Å². The summed E-state index contributed by atoms with van der Waals surface area (Å²) in [4.78, 5) is 5.61. The molecule has 0 radical (unpaired) electrons. The van der Waals surface area contributed by atoms with Crippen LogP contribution < -0.4 is 11.1 Å². The second-order valence-corrected chi connectivity index (χ2v) is 5.57. The summed E-state index contributed by atoms with van der Waals surface area (Å²) in [5.41, 5.74) is 7.47. The van der Waals surface area contributed by atoms with Gasteiger partial charge in [-0.25, -0.2) is 4.98 Å². The first-order valence-electron chi connectivity index (χ1n) is 5.36. The minimum absolute atomic E-state index is 0.680. The number of aryl methyl sites for hydroxylation is 1. The van der Waals surface area contributed by atoms with Gasteiger partial charge in [0.1, 0.15) is 5.82 Å². The lowest BCUT2D eigenvalue weighted by molar-refractivity contribution is 1.02. The minimum Gasteiger partial charge on any atom is -0.396 e. The summed E-state index contributed by atoms with van der Waals surface area (Å²) in [7, 11) is 0. The van der Waals surface area contributed by atoms with Gasteiger partial charge in [-0.2, -0.15) is 0 Å². The molecule has 3 nitrogen and oxygen atoms in total. The Morgan fingerprint density at radius 3 is 2.88 bits per heavy atom. The van der Waals surface area contributed by atoms with Crippen LogP contribution in [0.2, 0.25) is 4.34 Å². The Bertz CT molecular complexity index is 510. The van der Waals surface area contributed by atoms with Crippen LogP contribution in [0, 0.1) is 6.92 Å². The van der Waals surface area contributed by atoms with Crippen molar-refractivity contribution in [2.45, 2.75) is 13.3 Å². The van der Waals surface area contributed by atoms with Crippen molar-refractivity contribution in [1.82, 2.24) is 4.98 Å². The molecule has 2 aromatic heterocycles. The second kappa shape index (κ2) is 5.38. The van der Waals surface area contributed by atoms with Gasteiger partial charge >= 0.3 is 0 Å². The lowest BCUT2D eigenvalue weighted by atomic mass is 10.3. The van der Waals surface area contributed by atoms with Crippen molar-refractivity contribution in [3.8, 4) is 0 Å². The number of hydrogen-bond donors (Lipinski definition) is 2. The smallest absolute Gasteiger partial charge is 0.149 e. The molecule has 0 aromatic carbocycles. The Morgan fingerprint density at radius 2 is 2.18 bits per heavy atom. The molecule has 0 saturated heterocycles. The number of nitrogens with zero attached hydrogens (tertiary/aromatic N) is 1. The second-order valence-electron chi connectivity index (χ2n) is 3.77. The zero-order valence-corrected chi connectivity index (χ0v) is 11.1. The highest BCUT2D eigenvalue weighted by Gasteiger charge is 2.02. The third-order valence-electron chi connectivity index (χ3n) is 2.36. The fourth-order valence-corrected chi connectivity index (χ4v) is 2.59. The minimum atomic E-state index is 0.680. The molecule has 0 saturated carbocycles. The number of hydrogen-bond acceptors (Lipinski definition) is 4. The molecule has 0 aliphatic carbocycles. The number of nitrogens with one attached hydrogen (secondary N) is 1. The van der Waals surface area contributed by atoms with Gasteiger partial charge in [0.15, 0.2) is 0 Å². The van der Waals surface area contributed by atoms with Gasteiger partial charge < -0.3 is 11.1 Å². The molecule has 0 atom stereocenters. The van der Waals surface area contributed by atoms with Gasteiger partial charge in [-0.05, 0) is 37.6 Å². The molecule has 0 amide bonds. The topological polar surface area (TPSA) is 50.9 Å². The van der Waals surface area contributed by atoms with Crippen molar-refractivity contribution in [2.75, 3.05) is 17.6 Å². The number of anilines is 2. The number of nitrogens with two attached hydrogens (primary N) is 1. The zero-order valence-electron chi connectivity index (χ0n) is 9.53. The van der Waals surface area contributed by atoms with E-state index >= 15 is 0 Å². The molecule has 17 heavy (non-hydrogen) atoms. The standard InChI is InChI=1S/C12H14ClN3S/c1-8-2-4-10(14)12(16-8)15-7-6-9-3-5-11(13)17-9/h2-5H,6-7,14H2,1H3,(H,15,16). The highest BCUT2D eigenvalue weighted by Crippen LogP contribution is 2.22. The summed E-state index contributed by atoms with van der Waals surface area (Å²) in [6, 6.07) is 7.73.